The number of carbonyl (C=O) groups is 7. The van der Waals surface area contributed by atoms with Gasteiger partial charge in [-0.05, 0) is 73.4 Å². The molecule has 7 amide bonds. The number of hydrogen-bond acceptors (Lipinski definition) is 7. The summed E-state index contributed by atoms with van der Waals surface area (Å²) in [6.45, 7) is 0.297. The van der Waals surface area contributed by atoms with E-state index in [1.165, 1.54) is 4.90 Å². The molecule has 0 saturated carbocycles. The maximum atomic E-state index is 14.4. The second kappa shape index (κ2) is 21.4. The molecule has 312 valence electrons. The predicted molar refractivity (Wildman–Crippen MR) is 222 cm³/mol. The van der Waals surface area contributed by atoms with Crippen LogP contribution in [-0.2, 0) is 35.2 Å². The predicted octanol–water partition coefficient (Wildman–Crippen LogP) is 3.40. The summed E-state index contributed by atoms with van der Waals surface area (Å²) in [5.74, 6) is -4.77. The molecule has 1 aliphatic rings. The van der Waals surface area contributed by atoms with Gasteiger partial charge in [-0.25, -0.2) is 4.79 Å². The summed E-state index contributed by atoms with van der Waals surface area (Å²) < 4.78 is 0. The molecule has 0 radical (unpaired) electrons. The summed E-state index contributed by atoms with van der Waals surface area (Å²) in [5, 5.41) is 23.6. The zero-order chi connectivity index (χ0) is 42.3. The number of amides is 7. The van der Waals surface area contributed by atoms with E-state index in [0.29, 0.717) is 24.1 Å². The number of carboxylic acid groups (broad SMARTS) is 1. The van der Waals surface area contributed by atoms with Crippen LogP contribution in [0, 0.1) is 0 Å². The van der Waals surface area contributed by atoms with Gasteiger partial charge >= 0.3 is 12.0 Å². The van der Waals surface area contributed by atoms with Gasteiger partial charge < -0.3 is 47.3 Å². The van der Waals surface area contributed by atoms with Crippen molar-refractivity contribution in [3.63, 3.8) is 0 Å². The lowest BCUT2D eigenvalue weighted by Gasteiger charge is -2.37. The van der Waals surface area contributed by atoms with E-state index in [0.717, 1.165) is 22.0 Å². The standard InChI is InChI=1S/C42H49ClN8O8/c43-24-36(52)48-33(19-20-37(53)54)41(58)51-22-7-6-14-35(51)40(57)50-34(23-28-25-46-31-12-5-4-11-30(28)31)39(56)49-32(13-8-21-45-42(44)59)38(55)47-29-17-15-27(16-18-29)26-9-2-1-3-10-26/h1-5,9-12,15-18,25,32-35,46H,6-8,13-14,19-24H2,(H,47,55)(H,48,52)(H,49,56)(H,50,57)(H,53,54)(H3,44,45,59). The van der Waals surface area contributed by atoms with Crippen molar-refractivity contribution in [2.75, 3.05) is 24.3 Å². The van der Waals surface area contributed by atoms with Crippen LogP contribution in [0.1, 0.15) is 50.5 Å². The molecular weight excluding hydrogens is 780 g/mol. The number of benzene rings is 3. The Labute approximate surface area is 346 Å². The first-order chi connectivity index (χ1) is 28.4. The molecule has 17 heteroatoms. The lowest BCUT2D eigenvalue weighted by molar-refractivity contribution is -0.146. The fraction of sp³-hybridized carbons (Fsp3) is 0.357. The largest absolute Gasteiger partial charge is 0.481 e. The van der Waals surface area contributed by atoms with E-state index in [9.17, 15) is 38.7 Å². The number of nitrogens with zero attached hydrogens (tertiary/aromatic N) is 1. The lowest BCUT2D eigenvalue weighted by Crippen LogP contribution is -2.60. The van der Waals surface area contributed by atoms with E-state index >= 15 is 0 Å². The minimum absolute atomic E-state index is 0.00773. The fourth-order valence-corrected chi connectivity index (χ4v) is 7.17. The van der Waals surface area contributed by atoms with E-state index in [-0.39, 0.29) is 45.2 Å². The molecule has 1 saturated heterocycles. The van der Waals surface area contributed by atoms with Crippen molar-refractivity contribution < 1.29 is 38.7 Å². The van der Waals surface area contributed by atoms with E-state index in [1.54, 1.807) is 18.3 Å². The summed E-state index contributed by atoms with van der Waals surface area (Å²) in [5.41, 5.74) is 9.18. The normalized spacial score (nSPS) is 15.3. The molecule has 3 aromatic carbocycles. The minimum Gasteiger partial charge on any atom is -0.481 e. The van der Waals surface area contributed by atoms with Crippen molar-refractivity contribution in [1.29, 1.82) is 0 Å². The average Bonchev–Trinajstić information content (AvgIpc) is 3.65. The molecule has 5 rings (SSSR count). The number of para-hydroxylation sites is 1. The highest BCUT2D eigenvalue weighted by molar-refractivity contribution is 6.27. The number of aromatic amines is 1. The number of piperidine rings is 1. The molecular formula is C42H49ClN8O8. The number of primary amides is 1. The number of alkyl halides is 1. The molecule has 4 atom stereocenters. The average molecular weight is 829 g/mol. The van der Waals surface area contributed by atoms with Crippen molar-refractivity contribution in [3.8, 4) is 11.1 Å². The zero-order valence-corrected chi connectivity index (χ0v) is 33.1. The van der Waals surface area contributed by atoms with E-state index in [1.807, 2.05) is 66.7 Å². The molecule has 0 bridgehead atoms. The highest BCUT2D eigenvalue weighted by atomic mass is 35.5. The number of anilines is 1. The second-order valence-corrected chi connectivity index (χ2v) is 14.5. The van der Waals surface area contributed by atoms with Crippen molar-refractivity contribution >= 4 is 69.7 Å². The van der Waals surface area contributed by atoms with Crippen molar-refractivity contribution in [3.05, 3.63) is 90.6 Å². The Morgan fingerprint density at radius 2 is 1.53 bits per heavy atom. The van der Waals surface area contributed by atoms with Crippen molar-refractivity contribution in [2.45, 2.75) is 75.5 Å². The second-order valence-electron chi connectivity index (χ2n) is 14.3. The monoisotopic (exact) mass is 828 g/mol. The molecule has 16 nitrogen and oxygen atoms in total. The number of fused-ring (bicyclic) bond motifs is 1. The number of carbonyl (C=O) groups excluding carboxylic acids is 6. The third-order valence-corrected chi connectivity index (χ3v) is 10.3. The lowest BCUT2D eigenvalue weighted by atomic mass is 9.97. The number of carboxylic acids is 1. The highest BCUT2D eigenvalue weighted by Crippen LogP contribution is 2.24. The molecule has 9 N–H and O–H groups in total. The fourth-order valence-electron chi connectivity index (χ4n) is 7.09. The Morgan fingerprint density at radius 1 is 0.814 bits per heavy atom. The third-order valence-electron chi connectivity index (χ3n) is 10.1. The Morgan fingerprint density at radius 3 is 2.24 bits per heavy atom. The first kappa shape index (κ1) is 43.7. The number of halogens is 1. The van der Waals surface area contributed by atoms with Crippen molar-refractivity contribution in [1.82, 2.24) is 31.2 Å². The van der Waals surface area contributed by atoms with Crippen molar-refractivity contribution in [2.24, 2.45) is 5.73 Å². The number of hydrogen-bond donors (Lipinski definition) is 8. The molecule has 2 heterocycles. The number of aliphatic carboxylic acids is 1. The van der Waals surface area contributed by atoms with Gasteiger partial charge in [0.1, 0.15) is 30.0 Å². The van der Waals surface area contributed by atoms with Crippen LogP contribution in [0.2, 0.25) is 0 Å². The zero-order valence-electron chi connectivity index (χ0n) is 32.4. The number of nitrogens with two attached hydrogens (primary N) is 1. The summed E-state index contributed by atoms with van der Waals surface area (Å²) in [4.78, 5) is 95.7. The molecule has 4 unspecified atom stereocenters. The van der Waals surface area contributed by atoms with Gasteiger partial charge in [0, 0.05) is 48.7 Å². The number of nitrogens with one attached hydrogen (secondary N) is 6. The molecule has 0 spiro atoms. The number of aromatic nitrogens is 1. The Bertz CT molecular complexity index is 2110. The maximum Gasteiger partial charge on any atom is 0.312 e. The first-order valence-corrected chi connectivity index (χ1v) is 20.0. The van der Waals surface area contributed by atoms with Gasteiger partial charge in [0.2, 0.25) is 29.5 Å². The van der Waals surface area contributed by atoms with Crippen LogP contribution < -0.4 is 32.3 Å². The number of rotatable bonds is 19. The Kier molecular flexibility index (Phi) is 15.8. The van der Waals surface area contributed by atoms with E-state index < -0.39 is 78.0 Å². The quantitative estimate of drug-likeness (QED) is 0.0513. The minimum atomic E-state index is -1.24. The number of likely N-dealkylation sites (tertiary alicyclic amines) is 1. The van der Waals surface area contributed by atoms with Crippen LogP contribution in [0.5, 0.6) is 0 Å². The van der Waals surface area contributed by atoms with E-state index in [4.69, 9.17) is 17.3 Å². The molecule has 1 aromatic heterocycles. The van der Waals surface area contributed by atoms with Gasteiger partial charge in [-0.15, -0.1) is 11.6 Å². The summed E-state index contributed by atoms with van der Waals surface area (Å²) in [6.07, 6.45) is 2.87. The van der Waals surface area contributed by atoms with Crippen LogP contribution >= 0.6 is 11.6 Å². The Hall–Kier alpha value is -6.42. The van der Waals surface area contributed by atoms with Gasteiger partial charge in [-0.3, -0.25) is 28.8 Å². The van der Waals surface area contributed by atoms with Crippen LogP contribution in [0.3, 0.4) is 0 Å². The molecule has 59 heavy (non-hydrogen) atoms. The topological polar surface area (TPSA) is 245 Å². The first-order valence-electron chi connectivity index (χ1n) is 19.5. The van der Waals surface area contributed by atoms with Crippen LogP contribution in [0.15, 0.2) is 85.1 Å². The van der Waals surface area contributed by atoms with E-state index in [2.05, 4.69) is 31.6 Å². The van der Waals surface area contributed by atoms with Gasteiger partial charge in [0.25, 0.3) is 0 Å². The Balaban J connectivity index is 1.38. The molecule has 1 aliphatic heterocycles. The molecule has 1 fully saturated rings. The third kappa shape index (κ3) is 12.5. The van der Waals surface area contributed by atoms with Crippen LogP contribution in [-0.4, -0.2) is 99.7 Å². The van der Waals surface area contributed by atoms with Crippen LogP contribution in [0.4, 0.5) is 10.5 Å². The van der Waals surface area contributed by atoms with Gasteiger partial charge in [-0.1, -0.05) is 60.7 Å². The van der Waals surface area contributed by atoms with Gasteiger partial charge in [-0.2, -0.15) is 0 Å². The number of H-pyrrole nitrogens is 1. The SMILES string of the molecule is NC(=O)NCCCC(NC(=O)C(Cc1c[nH]c2ccccc12)NC(=O)C1CCCCN1C(=O)C(CCC(=O)O)NC(=O)CCl)C(=O)Nc1ccc(-c2ccccc2)cc1. The summed E-state index contributed by atoms with van der Waals surface area (Å²) >= 11 is 5.68. The maximum absolute atomic E-state index is 14.4. The van der Waals surface area contributed by atoms with Crippen LogP contribution in [0.25, 0.3) is 22.0 Å². The molecule has 0 aliphatic carbocycles. The highest BCUT2D eigenvalue weighted by Gasteiger charge is 2.38. The summed E-state index contributed by atoms with van der Waals surface area (Å²) in [6, 6.07) is 19.0. The number of urea groups is 1. The van der Waals surface area contributed by atoms with Gasteiger partial charge in [0.05, 0.1) is 0 Å². The smallest absolute Gasteiger partial charge is 0.312 e. The molecule has 4 aromatic rings. The summed E-state index contributed by atoms with van der Waals surface area (Å²) in [7, 11) is 0. The van der Waals surface area contributed by atoms with Gasteiger partial charge in [0.15, 0.2) is 0 Å².